The van der Waals surface area contributed by atoms with Gasteiger partial charge in [0.05, 0.1) is 29.1 Å². The Kier molecular flexibility index (Phi) is 6.80. The molecule has 2 saturated heterocycles. The summed E-state index contributed by atoms with van der Waals surface area (Å²) in [7, 11) is 0. The second-order valence-electron chi connectivity index (χ2n) is 10.4. The number of ether oxygens (including phenoxy) is 1. The average molecular weight is 550 g/mol. The van der Waals surface area contributed by atoms with Crippen LogP contribution in [-0.4, -0.2) is 57.8 Å². The molecule has 1 amide bonds. The maximum atomic E-state index is 14.4. The minimum absolute atomic E-state index is 0.0368. The van der Waals surface area contributed by atoms with Crippen LogP contribution in [0.15, 0.2) is 53.5 Å². The first-order valence-electron chi connectivity index (χ1n) is 13.3. The number of carbonyl (C=O) groups is 1. The van der Waals surface area contributed by atoms with Crippen LogP contribution in [0.25, 0.3) is 16.6 Å². The number of hydrogen-bond acceptors (Lipinski definition) is 7. The van der Waals surface area contributed by atoms with E-state index in [4.69, 9.17) is 15.6 Å². The maximum Gasteiger partial charge on any atom is 0.276 e. The van der Waals surface area contributed by atoms with Crippen LogP contribution >= 0.6 is 0 Å². The number of halogens is 2. The fourth-order valence-electron chi connectivity index (χ4n) is 5.51. The zero-order chi connectivity index (χ0) is 28.0. The zero-order valence-electron chi connectivity index (χ0n) is 21.9. The van der Waals surface area contributed by atoms with Crippen molar-refractivity contribution in [3.05, 3.63) is 76.3 Å². The number of amides is 1. The Morgan fingerprint density at radius 3 is 2.50 bits per heavy atom. The first-order valence-corrected chi connectivity index (χ1v) is 13.3. The minimum Gasteiger partial charge on any atom is -0.381 e. The van der Waals surface area contributed by atoms with Crippen LogP contribution in [0.5, 0.6) is 0 Å². The quantitative estimate of drug-likeness (QED) is 0.392. The molecule has 2 aliphatic heterocycles. The summed E-state index contributed by atoms with van der Waals surface area (Å²) in [6.45, 7) is 4.74. The van der Waals surface area contributed by atoms with E-state index in [-0.39, 0.29) is 23.7 Å². The van der Waals surface area contributed by atoms with Crippen LogP contribution in [0.2, 0.25) is 0 Å². The molecule has 4 aromatic rings. The molecule has 2 fully saturated rings. The second-order valence-corrected chi connectivity index (χ2v) is 10.4. The fraction of sp³-hybridized carbons (Fsp3) is 0.357. The number of aromatic nitrogens is 4. The molecule has 40 heavy (non-hydrogen) atoms. The van der Waals surface area contributed by atoms with Gasteiger partial charge >= 0.3 is 0 Å². The van der Waals surface area contributed by atoms with Crippen molar-refractivity contribution in [3.8, 4) is 5.69 Å². The molecule has 6 rings (SSSR count). The van der Waals surface area contributed by atoms with Crippen LogP contribution in [0.4, 0.5) is 20.2 Å². The minimum atomic E-state index is -0.971. The van der Waals surface area contributed by atoms with E-state index in [0.29, 0.717) is 36.7 Å². The Bertz CT molecular complexity index is 1620. The molecule has 4 heterocycles. The first-order chi connectivity index (χ1) is 19.3. The highest BCUT2D eigenvalue weighted by atomic mass is 19.1. The molecule has 2 atom stereocenters. The summed E-state index contributed by atoms with van der Waals surface area (Å²) in [6, 6.07) is 9.40. The number of para-hydroxylation sites is 1. The van der Waals surface area contributed by atoms with E-state index in [9.17, 15) is 18.4 Å². The average Bonchev–Trinajstić information content (AvgIpc) is 3.52. The van der Waals surface area contributed by atoms with Gasteiger partial charge in [-0.15, -0.1) is 0 Å². The third-order valence-corrected chi connectivity index (χ3v) is 7.71. The predicted octanol–water partition coefficient (Wildman–Crippen LogP) is 3.25. The van der Waals surface area contributed by atoms with Gasteiger partial charge in [-0.25, -0.2) is 8.78 Å². The van der Waals surface area contributed by atoms with Gasteiger partial charge in [0.2, 0.25) is 0 Å². The van der Waals surface area contributed by atoms with Crippen LogP contribution < -0.4 is 21.5 Å². The van der Waals surface area contributed by atoms with E-state index in [1.54, 1.807) is 0 Å². The number of nitrogens with zero attached hydrogens (tertiary/aromatic N) is 5. The van der Waals surface area contributed by atoms with E-state index in [2.05, 4.69) is 22.2 Å². The molecular formula is C28H29F2N7O3. The molecule has 2 aromatic carbocycles. The van der Waals surface area contributed by atoms with Gasteiger partial charge in [-0.1, -0.05) is 13.0 Å². The Balaban J connectivity index is 1.39. The maximum absolute atomic E-state index is 14.4. The van der Waals surface area contributed by atoms with Crippen molar-refractivity contribution in [2.75, 3.05) is 36.5 Å². The van der Waals surface area contributed by atoms with E-state index < -0.39 is 28.8 Å². The number of fused-ring (bicyclic) bond motifs is 1. The zero-order valence-corrected chi connectivity index (χ0v) is 21.9. The highest BCUT2D eigenvalue weighted by molar-refractivity contribution is 6.09. The number of benzene rings is 2. The lowest BCUT2D eigenvalue weighted by atomic mass is 10.1. The highest BCUT2D eigenvalue weighted by Crippen LogP contribution is 2.39. The Morgan fingerprint density at radius 1 is 1.05 bits per heavy atom. The van der Waals surface area contributed by atoms with E-state index >= 15 is 0 Å². The topological polar surface area (TPSA) is 120 Å². The number of nitrogens with one attached hydrogen (secondary N) is 1. The van der Waals surface area contributed by atoms with Crippen LogP contribution in [0.3, 0.4) is 0 Å². The molecule has 208 valence electrons. The molecule has 10 nitrogen and oxygen atoms in total. The summed E-state index contributed by atoms with van der Waals surface area (Å²) < 4.78 is 36.9. The van der Waals surface area contributed by atoms with Gasteiger partial charge in [-0.2, -0.15) is 14.9 Å². The summed E-state index contributed by atoms with van der Waals surface area (Å²) in [5.41, 5.74) is 7.00. The van der Waals surface area contributed by atoms with E-state index in [1.165, 1.54) is 12.1 Å². The Hall–Kier alpha value is -4.16. The summed E-state index contributed by atoms with van der Waals surface area (Å²) in [5.74, 6) is -2.34. The SMILES string of the molecule is C[C@@H]1CN(c2c(NC(=O)c3ccc(=O)n(-c4c(F)cccc4F)n3)ccc3c2cnn3C2CCOCC2)C[C@@H]1N. The van der Waals surface area contributed by atoms with Gasteiger partial charge in [-0.05, 0) is 49.1 Å². The monoisotopic (exact) mass is 549 g/mol. The third kappa shape index (κ3) is 4.62. The lowest BCUT2D eigenvalue weighted by Crippen LogP contribution is -2.29. The normalized spacial score (nSPS) is 19.9. The molecule has 0 bridgehead atoms. The number of nitrogens with two attached hydrogens (primary N) is 1. The molecule has 0 saturated carbocycles. The van der Waals surface area contributed by atoms with Crippen molar-refractivity contribution in [1.29, 1.82) is 0 Å². The molecule has 0 spiro atoms. The summed E-state index contributed by atoms with van der Waals surface area (Å²) in [4.78, 5) is 28.0. The van der Waals surface area contributed by atoms with Crippen molar-refractivity contribution in [2.24, 2.45) is 11.7 Å². The van der Waals surface area contributed by atoms with Crippen molar-refractivity contribution in [1.82, 2.24) is 19.6 Å². The van der Waals surface area contributed by atoms with Gasteiger partial charge < -0.3 is 20.7 Å². The molecular weight excluding hydrogens is 520 g/mol. The fourth-order valence-corrected chi connectivity index (χ4v) is 5.51. The second kappa shape index (κ2) is 10.4. The molecule has 2 aromatic heterocycles. The van der Waals surface area contributed by atoms with Crippen molar-refractivity contribution in [3.63, 3.8) is 0 Å². The Morgan fingerprint density at radius 2 is 1.80 bits per heavy atom. The number of hydrogen-bond donors (Lipinski definition) is 2. The summed E-state index contributed by atoms with van der Waals surface area (Å²) in [6.07, 6.45) is 3.53. The lowest BCUT2D eigenvalue weighted by Gasteiger charge is -2.25. The highest BCUT2D eigenvalue weighted by Gasteiger charge is 2.31. The predicted molar refractivity (Wildman–Crippen MR) is 146 cm³/mol. The van der Waals surface area contributed by atoms with Crippen molar-refractivity contribution in [2.45, 2.75) is 31.8 Å². The van der Waals surface area contributed by atoms with Gasteiger partial charge in [0.1, 0.15) is 11.4 Å². The van der Waals surface area contributed by atoms with Gasteiger partial charge in [-0.3, -0.25) is 14.3 Å². The summed E-state index contributed by atoms with van der Waals surface area (Å²) >= 11 is 0. The van der Waals surface area contributed by atoms with Crippen LogP contribution in [0.1, 0.15) is 36.3 Å². The van der Waals surface area contributed by atoms with Crippen molar-refractivity contribution < 1.29 is 18.3 Å². The summed E-state index contributed by atoms with van der Waals surface area (Å²) in [5, 5.41) is 12.5. The van der Waals surface area contributed by atoms with Gasteiger partial charge in [0.15, 0.2) is 11.6 Å². The molecule has 0 unspecified atom stereocenters. The van der Waals surface area contributed by atoms with E-state index in [0.717, 1.165) is 47.6 Å². The molecule has 0 radical (unpaired) electrons. The Labute approximate surface area is 228 Å². The number of anilines is 2. The van der Waals surface area contributed by atoms with Crippen LogP contribution in [0, 0.1) is 17.6 Å². The molecule has 0 aliphatic carbocycles. The molecule has 12 heteroatoms. The first kappa shape index (κ1) is 26.1. The smallest absolute Gasteiger partial charge is 0.276 e. The lowest BCUT2D eigenvalue weighted by molar-refractivity contribution is 0.0675. The number of rotatable bonds is 5. The van der Waals surface area contributed by atoms with Gasteiger partial charge in [0, 0.05) is 43.8 Å². The molecule has 2 aliphatic rings. The van der Waals surface area contributed by atoms with E-state index in [1.807, 2.05) is 23.0 Å². The standard InChI is InChI=1S/C28H29F2N7O3/c1-16-14-35(15-21(16)31)26-18-13-32-36(17-9-11-40-12-10-17)24(18)7-5-22(26)33-28(39)23-6-8-25(38)37(34-23)27-19(29)3-2-4-20(27)30/h2-8,13,16-17,21H,9-12,14-15,31H2,1H3,(H,33,39)/t16-,21+/m1/s1. The van der Waals surface area contributed by atoms with Crippen molar-refractivity contribution >= 4 is 28.2 Å². The third-order valence-electron chi connectivity index (χ3n) is 7.71. The largest absolute Gasteiger partial charge is 0.381 e. The van der Waals surface area contributed by atoms with Crippen LogP contribution in [-0.2, 0) is 4.74 Å². The van der Waals surface area contributed by atoms with Gasteiger partial charge in [0.25, 0.3) is 11.5 Å². The molecule has 3 N–H and O–H groups in total. The number of carbonyl (C=O) groups excluding carboxylic acids is 1.